The van der Waals surface area contributed by atoms with Gasteiger partial charge in [0.15, 0.2) is 0 Å². The third kappa shape index (κ3) is 6.76. The summed E-state index contributed by atoms with van der Waals surface area (Å²) in [6.07, 6.45) is 1.68. The van der Waals surface area contributed by atoms with Crippen LogP contribution < -0.4 is 5.32 Å². The summed E-state index contributed by atoms with van der Waals surface area (Å²) >= 11 is 0. The topological polar surface area (TPSA) is 52.9 Å². The predicted octanol–water partition coefficient (Wildman–Crippen LogP) is 1.61. The van der Waals surface area contributed by atoms with E-state index in [0.717, 1.165) is 12.3 Å². The molecule has 0 saturated carbocycles. The molecule has 0 fully saturated rings. The van der Waals surface area contributed by atoms with Crippen molar-refractivity contribution in [1.82, 2.24) is 5.32 Å². The summed E-state index contributed by atoms with van der Waals surface area (Å²) < 4.78 is 20.9. The van der Waals surface area contributed by atoms with Gasteiger partial charge in [0.25, 0.3) is 0 Å². The van der Waals surface area contributed by atoms with Crippen LogP contribution in [0.5, 0.6) is 0 Å². The standard InChI is InChI=1S/C13H23NO4/c1-12(13-4-3-6-18-13)14-5-7-16-10-11-17-9-8-15-2/h3-4,6,12,14H,5,7-11H2,1-2H3/t12-/m1/s1. The van der Waals surface area contributed by atoms with E-state index in [1.165, 1.54) is 0 Å². The van der Waals surface area contributed by atoms with Gasteiger partial charge in [-0.2, -0.15) is 0 Å². The first-order chi connectivity index (χ1) is 8.84. The molecule has 18 heavy (non-hydrogen) atoms. The molecule has 1 heterocycles. The summed E-state index contributed by atoms with van der Waals surface area (Å²) in [5, 5.41) is 3.32. The maximum absolute atomic E-state index is 5.42. The molecule has 0 radical (unpaired) electrons. The molecule has 1 rings (SSSR count). The second kappa shape index (κ2) is 10.1. The zero-order chi connectivity index (χ0) is 13.1. The van der Waals surface area contributed by atoms with Crippen molar-refractivity contribution in [3.63, 3.8) is 0 Å². The van der Waals surface area contributed by atoms with Crippen LogP contribution in [-0.4, -0.2) is 46.7 Å². The minimum Gasteiger partial charge on any atom is -0.468 e. The van der Waals surface area contributed by atoms with Crippen molar-refractivity contribution in [3.8, 4) is 0 Å². The molecule has 1 aromatic rings. The molecule has 1 atom stereocenters. The molecule has 0 amide bonds. The van der Waals surface area contributed by atoms with E-state index in [-0.39, 0.29) is 6.04 Å². The van der Waals surface area contributed by atoms with Crippen molar-refractivity contribution in [2.24, 2.45) is 0 Å². The van der Waals surface area contributed by atoms with E-state index in [0.29, 0.717) is 33.0 Å². The highest BCUT2D eigenvalue weighted by Gasteiger charge is 2.05. The Morgan fingerprint density at radius 3 is 2.56 bits per heavy atom. The fourth-order valence-electron chi connectivity index (χ4n) is 1.45. The summed E-state index contributed by atoms with van der Waals surface area (Å²) in [5.74, 6) is 0.942. The lowest BCUT2D eigenvalue weighted by atomic mass is 10.2. The Kier molecular flexibility index (Phi) is 8.50. The maximum atomic E-state index is 5.42. The van der Waals surface area contributed by atoms with Crippen LogP contribution in [0.15, 0.2) is 22.8 Å². The summed E-state index contributed by atoms with van der Waals surface area (Å²) in [5.41, 5.74) is 0. The number of hydrogen-bond donors (Lipinski definition) is 1. The van der Waals surface area contributed by atoms with E-state index < -0.39 is 0 Å². The first-order valence-corrected chi connectivity index (χ1v) is 6.26. The Balaban J connectivity index is 1.87. The van der Waals surface area contributed by atoms with Gasteiger partial charge in [0, 0.05) is 13.7 Å². The highest BCUT2D eigenvalue weighted by molar-refractivity contribution is 5.02. The van der Waals surface area contributed by atoms with E-state index in [1.807, 2.05) is 12.1 Å². The van der Waals surface area contributed by atoms with Gasteiger partial charge in [0.05, 0.1) is 45.3 Å². The van der Waals surface area contributed by atoms with Crippen molar-refractivity contribution in [1.29, 1.82) is 0 Å². The molecule has 1 N–H and O–H groups in total. The zero-order valence-corrected chi connectivity index (χ0v) is 11.2. The quantitative estimate of drug-likeness (QED) is 0.610. The third-order valence-corrected chi connectivity index (χ3v) is 2.47. The molecule has 1 aromatic heterocycles. The molecular weight excluding hydrogens is 234 g/mol. The third-order valence-electron chi connectivity index (χ3n) is 2.47. The molecular formula is C13H23NO4. The number of nitrogens with one attached hydrogen (secondary N) is 1. The highest BCUT2D eigenvalue weighted by Crippen LogP contribution is 2.11. The van der Waals surface area contributed by atoms with E-state index in [9.17, 15) is 0 Å². The lowest BCUT2D eigenvalue weighted by Gasteiger charge is -2.11. The second-order valence-electron chi connectivity index (χ2n) is 3.91. The molecule has 104 valence electrons. The summed E-state index contributed by atoms with van der Waals surface area (Å²) in [7, 11) is 1.66. The van der Waals surface area contributed by atoms with Crippen LogP contribution in [0.4, 0.5) is 0 Å². The van der Waals surface area contributed by atoms with Crippen LogP contribution in [0.1, 0.15) is 18.7 Å². The molecule has 0 unspecified atom stereocenters. The van der Waals surface area contributed by atoms with Gasteiger partial charge in [-0.05, 0) is 19.1 Å². The lowest BCUT2D eigenvalue weighted by molar-refractivity contribution is 0.0252. The van der Waals surface area contributed by atoms with Gasteiger partial charge in [-0.3, -0.25) is 0 Å². The van der Waals surface area contributed by atoms with Gasteiger partial charge in [-0.15, -0.1) is 0 Å². The first kappa shape index (κ1) is 15.2. The van der Waals surface area contributed by atoms with Crippen LogP contribution in [0.3, 0.4) is 0 Å². The van der Waals surface area contributed by atoms with Gasteiger partial charge < -0.3 is 23.9 Å². The summed E-state index contributed by atoms with van der Waals surface area (Å²) in [4.78, 5) is 0. The van der Waals surface area contributed by atoms with Crippen molar-refractivity contribution in [2.45, 2.75) is 13.0 Å². The van der Waals surface area contributed by atoms with Crippen LogP contribution in [0, 0.1) is 0 Å². The zero-order valence-electron chi connectivity index (χ0n) is 11.2. The predicted molar refractivity (Wildman–Crippen MR) is 68.6 cm³/mol. The molecule has 0 aliphatic rings. The first-order valence-electron chi connectivity index (χ1n) is 6.26. The van der Waals surface area contributed by atoms with Gasteiger partial charge in [-0.25, -0.2) is 0 Å². The van der Waals surface area contributed by atoms with Crippen molar-refractivity contribution < 1.29 is 18.6 Å². The fraction of sp³-hybridized carbons (Fsp3) is 0.692. The molecule has 0 aliphatic carbocycles. The number of rotatable bonds is 11. The minimum atomic E-state index is 0.210. The lowest BCUT2D eigenvalue weighted by Crippen LogP contribution is -2.23. The average Bonchev–Trinajstić information content (AvgIpc) is 2.90. The van der Waals surface area contributed by atoms with E-state index in [1.54, 1.807) is 13.4 Å². The Morgan fingerprint density at radius 2 is 1.89 bits per heavy atom. The average molecular weight is 257 g/mol. The molecule has 5 heteroatoms. The van der Waals surface area contributed by atoms with Crippen LogP contribution in [-0.2, 0) is 14.2 Å². The molecule has 0 spiro atoms. The minimum absolute atomic E-state index is 0.210. The Morgan fingerprint density at radius 1 is 1.17 bits per heavy atom. The van der Waals surface area contributed by atoms with E-state index in [2.05, 4.69) is 12.2 Å². The number of ether oxygens (including phenoxy) is 3. The van der Waals surface area contributed by atoms with Gasteiger partial charge in [0.2, 0.25) is 0 Å². The molecule has 0 saturated heterocycles. The maximum Gasteiger partial charge on any atom is 0.120 e. The van der Waals surface area contributed by atoms with Gasteiger partial charge in [0.1, 0.15) is 5.76 Å². The molecule has 0 bridgehead atoms. The summed E-state index contributed by atoms with van der Waals surface area (Å²) in [6.45, 7) is 5.98. The summed E-state index contributed by atoms with van der Waals surface area (Å²) in [6, 6.07) is 4.06. The van der Waals surface area contributed by atoms with E-state index >= 15 is 0 Å². The SMILES string of the molecule is COCCOCCOCCN[C@H](C)c1ccco1. The van der Waals surface area contributed by atoms with Crippen molar-refractivity contribution in [3.05, 3.63) is 24.2 Å². The van der Waals surface area contributed by atoms with Gasteiger partial charge in [-0.1, -0.05) is 0 Å². The number of hydrogen-bond acceptors (Lipinski definition) is 5. The van der Waals surface area contributed by atoms with Gasteiger partial charge >= 0.3 is 0 Å². The highest BCUT2D eigenvalue weighted by atomic mass is 16.5. The second-order valence-corrected chi connectivity index (χ2v) is 3.91. The van der Waals surface area contributed by atoms with Crippen molar-refractivity contribution >= 4 is 0 Å². The van der Waals surface area contributed by atoms with Crippen LogP contribution >= 0.6 is 0 Å². The molecule has 5 nitrogen and oxygen atoms in total. The fourth-order valence-corrected chi connectivity index (χ4v) is 1.45. The van der Waals surface area contributed by atoms with E-state index in [4.69, 9.17) is 18.6 Å². The largest absolute Gasteiger partial charge is 0.468 e. The van der Waals surface area contributed by atoms with Crippen LogP contribution in [0.25, 0.3) is 0 Å². The normalized spacial score (nSPS) is 12.8. The molecule has 0 aliphatic heterocycles. The Bertz CT molecular complexity index is 277. The smallest absolute Gasteiger partial charge is 0.120 e. The Labute approximate surface area is 108 Å². The number of furan rings is 1. The Hall–Kier alpha value is -0.880. The van der Waals surface area contributed by atoms with Crippen molar-refractivity contribution in [2.75, 3.05) is 46.7 Å². The molecule has 0 aromatic carbocycles. The van der Waals surface area contributed by atoms with Crippen LogP contribution in [0.2, 0.25) is 0 Å². The monoisotopic (exact) mass is 257 g/mol. The number of methoxy groups -OCH3 is 1.